The van der Waals surface area contributed by atoms with Crippen molar-refractivity contribution in [3.05, 3.63) is 29.6 Å². The Hall–Kier alpha value is -1.72. The van der Waals surface area contributed by atoms with Gasteiger partial charge in [0.25, 0.3) is 0 Å². The van der Waals surface area contributed by atoms with Crippen LogP contribution >= 0.6 is 0 Å². The molecule has 1 aromatic rings. The molecule has 1 unspecified atom stereocenters. The Morgan fingerprint density at radius 2 is 2.00 bits per heavy atom. The molecule has 1 N–H and O–H groups in total. The van der Waals surface area contributed by atoms with E-state index in [9.17, 15) is 18.0 Å². The van der Waals surface area contributed by atoms with Crippen molar-refractivity contribution in [3.8, 4) is 0 Å². The Balaban J connectivity index is 2.75. The van der Waals surface area contributed by atoms with Crippen molar-refractivity contribution >= 4 is 11.7 Å². The van der Waals surface area contributed by atoms with Crippen molar-refractivity contribution in [3.63, 3.8) is 0 Å². The van der Waals surface area contributed by atoms with Crippen LogP contribution in [0, 0.1) is 17.5 Å². The average Bonchev–Trinajstić information content (AvgIpc) is 2.29. The maximum atomic E-state index is 13.2. The number of hydrogen-bond acceptors (Lipinski definition) is 3. The van der Waals surface area contributed by atoms with Crippen molar-refractivity contribution in [1.82, 2.24) is 0 Å². The number of ether oxygens (including phenoxy) is 1. The van der Waals surface area contributed by atoms with E-state index < -0.39 is 29.5 Å². The van der Waals surface area contributed by atoms with E-state index >= 15 is 0 Å². The van der Waals surface area contributed by atoms with Gasteiger partial charge in [-0.25, -0.2) is 13.2 Å². The van der Waals surface area contributed by atoms with E-state index in [1.54, 1.807) is 6.92 Å². The molecule has 0 fully saturated rings. The lowest BCUT2D eigenvalue weighted by Gasteiger charge is -2.14. The predicted molar refractivity (Wildman–Crippen MR) is 56.0 cm³/mol. The molecule has 0 amide bonds. The van der Waals surface area contributed by atoms with Crippen molar-refractivity contribution in [2.75, 3.05) is 12.4 Å². The van der Waals surface area contributed by atoms with E-state index in [0.717, 1.165) is 12.1 Å². The van der Waals surface area contributed by atoms with Crippen LogP contribution in [0.2, 0.25) is 0 Å². The molecule has 1 aromatic carbocycles. The highest BCUT2D eigenvalue weighted by Gasteiger charge is 2.16. The third-order valence-corrected chi connectivity index (χ3v) is 2.14. The van der Waals surface area contributed by atoms with Crippen LogP contribution in [0.5, 0.6) is 0 Å². The number of rotatable bonds is 4. The summed E-state index contributed by atoms with van der Waals surface area (Å²) in [5.41, 5.74) is -0.194. The van der Waals surface area contributed by atoms with Gasteiger partial charge in [0.05, 0.1) is 19.2 Å². The first-order valence-electron chi connectivity index (χ1n) is 4.92. The third kappa shape index (κ3) is 3.37. The van der Waals surface area contributed by atoms with E-state index in [-0.39, 0.29) is 12.1 Å². The Kier molecular flexibility index (Phi) is 4.37. The molecule has 0 bridgehead atoms. The molecular weight excluding hydrogens is 235 g/mol. The van der Waals surface area contributed by atoms with Gasteiger partial charge in [0.1, 0.15) is 0 Å². The minimum Gasteiger partial charge on any atom is -0.469 e. The lowest BCUT2D eigenvalue weighted by atomic mass is 10.2. The summed E-state index contributed by atoms with van der Waals surface area (Å²) in [5, 5.41) is 2.56. The number of carbonyl (C=O) groups excluding carboxylic acids is 1. The van der Waals surface area contributed by atoms with Crippen LogP contribution in [0.15, 0.2) is 12.1 Å². The minimum atomic E-state index is -1.54. The summed E-state index contributed by atoms with van der Waals surface area (Å²) < 4.78 is 43.2. The Labute approximate surface area is 96.6 Å². The van der Waals surface area contributed by atoms with E-state index in [4.69, 9.17) is 0 Å². The van der Waals surface area contributed by atoms with E-state index in [1.807, 2.05) is 0 Å². The van der Waals surface area contributed by atoms with Gasteiger partial charge in [0.15, 0.2) is 17.5 Å². The monoisotopic (exact) mass is 247 g/mol. The number of nitrogens with one attached hydrogen (secondary N) is 1. The van der Waals surface area contributed by atoms with Crippen molar-refractivity contribution in [1.29, 1.82) is 0 Å². The molecule has 1 atom stereocenters. The topological polar surface area (TPSA) is 38.3 Å². The fraction of sp³-hybridized carbons (Fsp3) is 0.364. The van der Waals surface area contributed by atoms with Crippen molar-refractivity contribution < 1.29 is 22.7 Å². The second-order valence-corrected chi connectivity index (χ2v) is 3.55. The summed E-state index contributed by atoms with van der Waals surface area (Å²) in [6, 6.07) is 1.43. The standard InChI is InChI=1S/C11H12F3NO2/c1-6(5-9(16)17-2)15-8-4-3-7(12)10(13)11(8)14/h3-4,6,15H,5H2,1-2H3. The molecular formula is C11H12F3NO2. The number of carbonyl (C=O) groups is 1. The smallest absolute Gasteiger partial charge is 0.307 e. The number of methoxy groups -OCH3 is 1. The highest BCUT2D eigenvalue weighted by Crippen LogP contribution is 2.20. The molecule has 0 spiro atoms. The first-order valence-corrected chi connectivity index (χ1v) is 4.92. The highest BCUT2D eigenvalue weighted by atomic mass is 19.2. The lowest BCUT2D eigenvalue weighted by Crippen LogP contribution is -2.21. The molecule has 0 aliphatic rings. The molecule has 1 rings (SSSR count). The van der Waals surface area contributed by atoms with Crippen LogP contribution in [0.4, 0.5) is 18.9 Å². The molecule has 6 heteroatoms. The van der Waals surface area contributed by atoms with Crippen LogP contribution in [0.1, 0.15) is 13.3 Å². The van der Waals surface area contributed by atoms with Gasteiger partial charge in [0.2, 0.25) is 0 Å². The molecule has 0 saturated heterocycles. The van der Waals surface area contributed by atoms with Gasteiger partial charge in [-0.15, -0.1) is 0 Å². The second-order valence-electron chi connectivity index (χ2n) is 3.55. The zero-order valence-electron chi connectivity index (χ0n) is 9.39. The quantitative estimate of drug-likeness (QED) is 0.656. The summed E-state index contributed by atoms with van der Waals surface area (Å²) in [7, 11) is 1.23. The zero-order chi connectivity index (χ0) is 13.0. The van der Waals surface area contributed by atoms with Crippen molar-refractivity contribution in [2.45, 2.75) is 19.4 Å². The fourth-order valence-corrected chi connectivity index (χ4v) is 1.29. The number of anilines is 1. The van der Waals surface area contributed by atoms with Gasteiger partial charge in [-0.1, -0.05) is 0 Å². The minimum absolute atomic E-state index is 0.00502. The number of halogens is 3. The fourth-order valence-electron chi connectivity index (χ4n) is 1.29. The van der Waals surface area contributed by atoms with Crippen LogP contribution in [0.25, 0.3) is 0 Å². The van der Waals surface area contributed by atoms with Crippen LogP contribution in [-0.4, -0.2) is 19.1 Å². The van der Waals surface area contributed by atoms with Crippen LogP contribution < -0.4 is 5.32 Å². The molecule has 3 nitrogen and oxygen atoms in total. The maximum absolute atomic E-state index is 13.2. The lowest BCUT2D eigenvalue weighted by molar-refractivity contribution is -0.140. The molecule has 0 radical (unpaired) electrons. The molecule has 0 aliphatic carbocycles. The first-order chi connectivity index (χ1) is 7.95. The summed E-state index contributed by atoms with van der Waals surface area (Å²) in [6.07, 6.45) is -0.00502. The molecule has 0 aliphatic heterocycles. The Morgan fingerprint density at radius 3 is 2.59 bits per heavy atom. The van der Waals surface area contributed by atoms with Gasteiger partial charge < -0.3 is 10.1 Å². The number of benzene rings is 1. The predicted octanol–water partition coefficient (Wildman–Crippen LogP) is 2.47. The van der Waals surface area contributed by atoms with Gasteiger partial charge in [0, 0.05) is 6.04 Å². The Morgan fingerprint density at radius 1 is 1.35 bits per heavy atom. The second kappa shape index (κ2) is 5.56. The molecule has 17 heavy (non-hydrogen) atoms. The molecule has 0 heterocycles. The molecule has 94 valence electrons. The zero-order valence-corrected chi connectivity index (χ0v) is 9.39. The highest BCUT2D eigenvalue weighted by molar-refractivity contribution is 5.70. The molecule has 0 aromatic heterocycles. The van der Waals surface area contributed by atoms with Crippen molar-refractivity contribution in [2.24, 2.45) is 0 Å². The largest absolute Gasteiger partial charge is 0.469 e. The summed E-state index contributed by atoms with van der Waals surface area (Å²) in [5.74, 6) is -4.58. The number of esters is 1. The number of hydrogen-bond donors (Lipinski definition) is 1. The van der Waals surface area contributed by atoms with E-state index in [1.165, 1.54) is 7.11 Å². The molecule has 0 saturated carbocycles. The van der Waals surface area contributed by atoms with Gasteiger partial charge in [-0.2, -0.15) is 0 Å². The van der Waals surface area contributed by atoms with Gasteiger partial charge >= 0.3 is 5.97 Å². The summed E-state index contributed by atoms with van der Waals surface area (Å²) in [4.78, 5) is 10.9. The maximum Gasteiger partial charge on any atom is 0.307 e. The van der Waals surface area contributed by atoms with Gasteiger partial charge in [-0.05, 0) is 19.1 Å². The van der Waals surface area contributed by atoms with Gasteiger partial charge in [-0.3, -0.25) is 4.79 Å². The van der Waals surface area contributed by atoms with E-state index in [2.05, 4.69) is 10.1 Å². The summed E-state index contributed by atoms with van der Waals surface area (Å²) >= 11 is 0. The third-order valence-electron chi connectivity index (χ3n) is 2.14. The average molecular weight is 247 g/mol. The Bertz CT molecular complexity index is 423. The van der Waals surface area contributed by atoms with Crippen LogP contribution in [-0.2, 0) is 9.53 Å². The first kappa shape index (κ1) is 13.3. The summed E-state index contributed by atoms with van der Waals surface area (Å²) in [6.45, 7) is 1.59. The normalized spacial score (nSPS) is 12.1. The van der Waals surface area contributed by atoms with E-state index in [0.29, 0.717) is 0 Å². The SMILES string of the molecule is COC(=O)CC(C)Nc1ccc(F)c(F)c1F. The van der Waals surface area contributed by atoms with Crippen LogP contribution in [0.3, 0.4) is 0 Å².